The standard InChI is InChI=1S/C17H34O4/c1-3-5-7-8-10-16(9-6-4-2)11-12-20-13-14-21-15-17(18)19/h16H,3-15H2,1-2H3,(H,18,19). The highest BCUT2D eigenvalue weighted by Crippen LogP contribution is 2.20. The summed E-state index contributed by atoms with van der Waals surface area (Å²) in [5.74, 6) is -0.150. The second-order valence-electron chi connectivity index (χ2n) is 5.70. The predicted molar refractivity (Wildman–Crippen MR) is 85.7 cm³/mol. The number of unbranched alkanes of at least 4 members (excludes halogenated alkanes) is 4. The van der Waals surface area contributed by atoms with Gasteiger partial charge >= 0.3 is 5.97 Å². The number of rotatable bonds is 16. The van der Waals surface area contributed by atoms with Crippen LogP contribution in [0.1, 0.15) is 71.6 Å². The average molecular weight is 302 g/mol. The van der Waals surface area contributed by atoms with Crippen LogP contribution in [0.15, 0.2) is 0 Å². The Kier molecular flexibility index (Phi) is 15.3. The molecule has 126 valence electrons. The van der Waals surface area contributed by atoms with Gasteiger partial charge in [-0.15, -0.1) is 0 Å². The van der Waals surface area contributed by atoms with Gasteiger partial charge in [0.05, 0.1) is 13.2 Å². The van der Waals surface area contributed by atoms with E-state index in [1.165, 1.54) is 51.4 Å². The van der Waals surface area contributed by atoms with Crippen LogP contribution in [0.5, 0.6) is 0 Å². The predicted octanol–water partition coefficient (Wildman–Crippen LogP) is 4.27. The Labute approximate surface area is 130 Å². The summed E-state index contributed by atoms with van der Waals surface area (Å²) in [6.07, 6.45) is 11.6. The van der Waals surface area contributed by atoms with E-state index in [-0.39, 0.29) is 6.61 Å². The number of aliphatic carboxylic acids is 1. The molecule has 0 rings (SSSR count). The molecule has 0 radical (unpaired) electrons. The zero-order chi connectivity index (χ0) is 15.8. The SMILES string of the molecule is CCCCCCC(CCCC)CCOCCOCC(=O)O. The molecule has 0 aliphatic rings. The van der Waals surface area contributed by atoms with E-state index in [0.29, 0.717) is 13.2 Å². The molecule has 0 aromatic rings. The minimum atomic E-state index is -0.929. The fraction of sp³-hybridized carbons (Fsp3) is 0.941. The molecule has 0 aliphatic heterocycles. The van der Waals surface area contributed by atoms with Gasteiger partial charge in [-0.1, -0.05) is 65.2 Å². The monoisotopic (exact) mass is 302 g/mol. The van der Waals surface area contributed by atoms with Crippen LogP contribution in [0.3, 0.4) is 0 Å². The summed E-state index contributed by atoms with van der Waals surface area (Å²) < 4.78 is 10.5. The highest BCUT2D eigenvalue weighted by Gasteiger charge is 2.08. The third-order valence-corrected chi connectivity index (χ3v) is 3.70. The Hall–Kier alpha value is -0.610. The number of hydrogen-bond acceptors (Lipinski definition) is 3. The van der Waals surface area contributed by atoms with E-state index in [9.17, 15) is 4.79 Å². The Bertz CT molecular complexity index is 231. The van der Waals surface area contributed by atoms with Crippen LogP contribution in [0.2, 0.25) is 0 Å². The Morgan fingerprint density at radius 2 is 1.52 bits per heavy atom. The first-order valence-electron chi connectivity index (χ1n) is 8.57. The minimum absolute atomic E-state index is 0.236. The topological polar surface area (TPSA) is 55.8 Å². The molecule has 4 heteroatoms. The molecule has 0 spiro atoms. The van der Waals surface area contributed by atoms with Crippen molar-refractivity contribution in [2.24, 2.45) is 5.92 Å². The summed E-state index contributed by atoms with van der Waals surface area (Å²) in [7, 11) is 0. The van der Waals surface area contributed by atoms with Crippen molar-refractivity contribution in [2.45, 2.75) is 71.6 Å². The molecule has 0 saturated heterocycles. The van der Waals surface area contributed by atoms with Crippen molar-refractivity contribution in [3.8, 4) is 0 Å². The highest BCUT2D eigenvalue weighted by molar-refractivity contribution is 5.67. The summed E-state index contributed by atoms with van der Waals surface area (Å²) in [5, 5.41) is 8.43. The molecule has 4 nitrogen and oxygen atoms in total. The van der Waals surface area contributed by atoms with Crippen LogP contribution in [-0.4, -0.2) is 37.5 Å². The molecule has 0 fully saturated rings. The molecular weight excluding hydrogens is 268 g/mol. The lowest BCUT2D eigenvalue weighted by molar-refractivity contribution is -0.142. The van der Waals surface area contributed by atoms with E-state index in [4.69, 9.17) is 14.6 Å². The van der Waals surface area contributed by atoms with Gasteiger partial charge in [0.25, 0.3) is 0 Å². The van der Waals surface area contributed by atoms with Crippen LogP contribution in [0.4, 0.5) is 0 Å². The summed E-state index contributed by atoms with van der Waals surface area (Å²) in [4.78, 5) is 10.3. The first-order chi connectivity index (χ1) is 10.2. The molecule has 0 aliphatic carbocycles. The molecule has 0 aromatic heterocycles. The molecule has 0 amide bonds. The Balaban J connectivity index is 3.57. The van der Waals surface area contributed by atoms with Crippen molar-refractivity contribution in [1.29, 1.82) is 0 Å². The summed E-state index contributed by atoms with van der Waals surface area (Å²) in [6.45, 7) is 5.86. The molecule has 1 N–H and O–H groups in total. The minimum Gasteiger partial charge on any atom is -0.480 e. The molecule has 0 aromatic carbocycles. The van der Waals surface area contributed by atoms with Gasteiger partial charge in [-0.25, -0.2) is 4.79 Å². The normalized spacial score (nSPS) is 12.5. The second kappa shape index (κ2) is 15.8. The summed E-state index contributed by atoms with van der Waals surface area (Å²) in [5.41, 5.74) is 0. The molecule has 1 unspecified atom stereocenters. The third-order valence-electron chi connectivity index (χ3n) is 3.70. The van der Waals surface area contributed by atoms with Crippen molar-refractivity contribution in [3.05, 3.63) is 0 Å². The van der Waals surface area contributed by atoms with Gasteiger partial charge in [-0.05, 0) is 12.3 Å². The fourth-order valence-electron chi connectivity index (χ4n) is 2.41. The van der Waals surface area contributed by atoms with Gasteiger partial charge in [0.1, 0.15) is 6.61 Å². The van der Waals surface area contributed by atoms with Crippen LogP contribution < -0.4 is 0 Å². The van der Waals surface area contributed by atoms with Gasteiger partial charge in [-0.3, -0.25) is 0 Å². The molecular formula is C17H34O4. The molecule has 0 heterocycles. The first kappa shape index (κ1) is 20.4. The van der Waals surface area contributed by atoms with Gasteiger partial charge in [0.15, 0.2) is 0 Å². The number of carbonyl (C=O) groups is 1. The van der Waals surface area contributed by atoms with Gasteiger partial charge < -0.3 is 14.6 Å². The fourth-order valence-corrected chi connectivity index (χ4v) is 2.41. The van der Waals surface area contributed by atoms with Crippen molar-refractivity contribution >= 4 is 5.97 Å². The van der Waals surface area contributed by atoms with Crippen LogP contribution in [0.25, 0.3) is 0 Å². The second-order valence-corrected chi connectivity index (χ2v) is 5.70. The molecule has 0 bridgehead atoms. The van der Waals surface area contributed by atoms with Crippen molar-refractivity contribution < 1.29 is 19.4 Å². The maximum Gasteiger partial charge on any atom is 0.329 e. The first-order valence-corrected chi connectivity index (χ1v) is 8.57. The average Bonchev–Trinajstić information content (AvgIpc) is 2.46. The van der Waals surface area contributed by atoms with E-state index < -0.39 is 5.97 Å². The lowest BCUT2D eigenvalue weighted by atomic mass is 9.92. The molecule has 21 heavy (non-hydrogen) atoms. The third kappa shape index (κ3) is 15.6. The van der Waals surface area contributed by atoms with Crippen molar-refractivity contribution in [3.63, 3.8) is 0 Å². The van der Waals surface area contributed by atoms with E-state index in [0.717, 1.165) is 18.9 Å². The van der Waals surface area contributed by atoms with E-state index >= 15 is 0 Å². The number of carboxylic acid groups (broad SMARTS) is 1. The summed E-state index contributed by atoms with van der Waals surface area (Å²) in [6, 6.07) is 0. The zero-order valence-electron chi connectivity index (χ0n) is 13.9. The number of carboxylic acids is 1. The Morgan fingerprint density at radius 3 is 2.19 bits per heavy atom. The van der Waals surface area contributed by atoms with Crippen LogP contribution in [0, 0.1) is 5.92 Å². The van der Waals surface area contributed by atoms with Gasteiger partial charge in [0.2, 0.25) is 0 Å². The van der Waals surface area contributed by atoms with Crippen molar-refractivity contribution in [1.82, 2.24) is 0 Å². The van der Waals surface area contributed by atoms with Gasteiger partial charge in [0, 0.05) is 6.61 Å². The quantitative estimate of drug-likeness (QED) is 0.433. The molecule has 1 atom stereocenters. The van der Waals surface area contributed by atoms with Gasteiger partial charge in [-0.2, -0.15) is 0 Å². The maximum absolute atomic E-state index is 10.3. The number of ether oxygens (including phenoxy) is 2. The highest BCUT2D eigenvalue weighted by atomic mass is 16.5. The van der Waals surface area contributed by atoms with Crippen LogP contribution in [-0.2, 0) is 14.3 Å². The lowest BCUT2D eigenvalue weighted by Gasteiger charge is -2.16. The number of hydrogen-bond donors (Lipinski definition) is 1. The Morgan fingerprint density at radius 1 is 0.857 bits per heavy atom. The lowest BCUT2D eigenvalue weighted by Crippen LogP contribution is -2.13. The maximum atomic E-state index is 10.3. The zero-order valence-corrected chi connectivity index (χ0v) is 13.9. The van der Waals surface area contributed by atoms with E-state index in [1.807, 2.05) is 0 Å². The van der Waals surface area contributed by atoms with E-state index in [2.05, 4.69) is 13.8 Å². The van der Waals surface area contributed by atoms with E-state index in [1.54, 1.807) is 0 Å². The van der Waals surface area contributed by atoms with Crippen molar-refractivity contribution in [2.75, 3.05) is 26.4 Å². The van der Waals surface area contributed by atoms with Crippen LogP contribution >= 0.6 is 0 Å². The largest absolute Gasteiger partial charge is 0.480 e. The smallest absolute Gasteiger partial charge is 0.329 e. The molecule has 0 saturated carbocycles. The summed E-state index contributed by atoms with van der Waals surface area (Å²) >= 11 is 0.